The van der Waals surface area contributed by atoms with Crippen molar-refractivity contribution >= 4 is 0 Å². The molecule has 0 radical (unpaired) electrons. The molecule has 0 unspecified atom stereocenters. The fourth-order valence-electron chi connectivity index (χ4n) is 2.67. The Morgan fingerprint density at radius 3 is 3.00 bits per heavy atom. The third kappa shape index (κ3) is 3.92. The molecule has 0 spiro atoms. The molecule has 2 heteroatoms. The minimum Gasteiger partial charge on any atom is -0.241 e. The molecule has 0 aromatic carbocycles. The van der Waals surface area contributed by atoms with Crippen molar-refractivity contribution in [2.24, 2.45) is 0 Å². The zero-order chi connectivity index (χ0) is 14.3. The summed E-state index contributed by atoms with van der Waals surface area (Å²) < 4.78 is 0. The average Bonchev–Trinajstić information content (AvgIpc) is 2.69. The van der Waals surface area contributed by atoms with Gasteiger partial charge in [-0.2, -0.15) is 0 Å². The summed E-state index contributed by atoms with van der Waals surface area (Å²) in [6.45, 7) is 0. The molecule has 2 aliphatic carbocycles. The van der Waals surface area contributed by atoms with E-state index in [0.29, 0.717) is 0 Å². The predicted molar refractivity (Wildman–Crippen MR) is 85.8 cm³/mol. The zero-order valence-electron chi connectivity index (χ0n) is 12.3. The summed E-state index contributed by atoms with van der Waals surface area (Å²) in [5, 5.41) is 0. The van der Waals surface area contributed by atoms with Crippen LogP contribution in [0, 0.1) is 11.8 Å². The van der Waals surface area contributed by atoms with Gasteiger partial charge in [-0.15, -0.1) is 11.8 Å². The molecular weight excluding hydrogens is 256 g/mol. The van der Waals surface area contributed by atoms with E-state index in [1.54, 1.807) is 0 Å². The molecule has 106 valence electrons. The van der Waals surface area contributed by atoms with Gasteiger partial charge in [-0.25, -0.2) is 9.97 Å². The van der Waals surface area contributed by atoms with Crippen molar-refractivity contribution in [2.75, 3.05) is 0 Å². The fourth-order valence-corrected chi connectivity index (χ4v) is 2.67. The third-order valence-corrected chi connectivity index (χ3v) is 3.82. The van der Waals surface area contributed by atoms with Gasteiger partial charge in [0.05, 0.1) is 0 Å². The number of nitrogens with zero attached hydrogens (tertiary/aromatic N) is 2. The second kappa shape index (κ2) is 7.04. The van der Waals surface area contributed by atoms with Gasteiger partial charge in [0.1, 0.15) is 5.82 Å². The van der Waals surface area contributed by atoms with Crippen LogP contribution in [0.5, 0.6) is 0 Å². The molecule has 0 N–H and O–H groups in total. The Hall–Kier alpha value is -2.14. The quantitative estimate of drug-likeness (QED) is 0.769. The van der Waals surface area contributed by atoms with Crippen molar-refractivity contribution in [1.82, 2.24) is 9.97 Å². The van der Waals surface area contributed by atoms with Crippen LogP contribution in [0.3, 0.4) is 0 Å². The second-order valence-electron chi connectivity index (χ2n) is 5.48. The lowest BCUT2D eigenvalue weighted by atomic mass is 10.1. The molecule has 0 atom stereocenters. The Morgan fingerprint density at radius 1 is 1.05 bits per heavy atom. The standard InChI is InChI=1S/C19H20N2/c1-2-8-12-17-15-20-19(21-18(17)13-9-3-1)14-16-10-6-4-5-7-11-16/h4-7,10,15H,2,8-9,11-14H2. The van der Waals surface area contributed by atoms with Crippen molar-refractivity contribution in [2.45, 2.75) is 44.9 Å². The van der Waals surface area contributed by atoms with Gasteiger partial charge in [-0.05, 0) is 24.8 Å². The van der Waals surface area contributed by atoms with Crippen LogP contribution in [0.1, 0.15) is 42.8 Å². The Kier molecular flexibility index (Phi) is 4.63. The van der Waals surface area contributed by atoms with Gasteiger partial charge in [0.25, 0.3) is 0 Å². The molecule has 0 fully saturated rings. The molecule has 1 aromatic rings. The van der Waals surface area contributed by atoms with Crippen molar-refractivity contribution in [3.63, 3.8) is 0 Å². The Balaban J connectivity index is 1.78. The number of aromatic nitrogens is 2. The highest BCUT2D eigenvalue weighted by Crippen LogP contribution is 2.16. The maximum absolute atomic E-state index is 4.81. The van der Waals surface area contributed by atoms with Crippen LogP contribution in [0.4, 0.5) is 0 Å². The van der Waals surface area contributed by atoms with E-state index >= 15 is 0 Å². The highest BCUT2D eigenvalue weighted by molar-refractivity contribution is 5.27. The van der Waals surface area contributed by atoms with Gasteiger partial charge in [-0.3, -0.25) is 0 Å². The number of hydrogen-bond donors (Lipinski definition) is 0. The van der Waals surface area contributed by atoms with Gasteiger partial charge >= 0.3 is 0 Å². The highest BCUT2D eigenvalue weighted by atomic mass is 14.9. The van der Waals surface area contributed by atoms with Gasteiger partial charge in [0, 0.05) is 37.6 Å². The molecule has 21 heavy (non-hydrogen) atoms. The largest absolute Gasteiger partial charge is 0.241 e. The number of fused-ring (bicyclic) bond motifs is 1. The molecular formula is C19H20N2. The predicted octanol–water partition coefficient (Wildman–Crippen LogP) is 3.73. The fraction of sp³-hybridized carbons (Fsp3) is 0.368. The van der Waals surface area contributed by atoms with E-state index in [1.807, 2.05) is 6.20 Å². The van der Waals surface area contributed by atoms with Crippen molar-refractivity contribution in [3.05, 3.63) is 59.2 Å². The minimum atomic E-state index is 0.841. The van der Waals surface area contributed by atoms with Crippen LogP contribution in [0.15, 0.2) is 42.2 Å². The van der Waals surface area contributed by atoms with E-state index in [2.05, 4.69) is 47.2 Å². The Morgan fingerprint density at radius 2 is 2.00 bits per heavy atom. The zero-order valence-corrected chi connectivity index (χ0v) is 12.3. The van der Waals surface area contributed by atoms with Crippen LogP contribution in [0.25, 0.3) is 0 Å². The molecule has 0 bridgehead atoms. The van der Waals surface area contributed by atoms with Crippen LogP contribution >= 0.6 is 0 Å². The summed E-state index contributed by atoms with van der Waals surface area (Å²) in [6, 6.07) is 0. The first-order chi connectivity index (χ1) is 10.4. The second-order valence-corrected chi connectivity index (χ2v) is 5.48. The molecule has 3 rings (SSSR count). The summed E-state index contributed by atoms with van der Waals surface area (Å²) in [5.74, 6) is 7.40. The molecule has 2 aliphatic rings. The lowest BCUT2D eigenvalue weighted by Gasteiger charge is -2.09. The molecule has 1 heterocycles. The summed E-state index contributed by atoms with van der Waals surface area (Å²) >= 11 is 0. The Bertz CT molecular complexity index is 654. The lowest BCUT2D eigenvalue weighted by molar-refractivity contribution is 0.796. The normalized spacial score (nSPS) is 17.4. The maximum atomic E-state index is 4.81. The third-order valence-electron chi connectivity index (χ3n) is 3.82. The summed E-state index contributed by atoms with van der Waals surface area (Å²) in [4.78, 5) is 9.39. The SMILES string of the molecule is C1#CCCc2nc(CC3=CC=CC=CC3)ncc2CCC1. The molecule has 0 aliphatic heterocycles. The molecule has 2 nitrogen and oxygen atoms in total. The summed E-state index contributed by atoms with van der Waals surface area (Å²) in [7, 11) is 0. The van der Waals surface area contributed by atoms with E-state index in [9.17, 15) is 0 Å². The summed E-state index contributed by atoms with van der Waals surface area (Å²) in [6.07, 6.45) is 19.5. The van der Waals surface area contributed by atoms with Crippen LogP contribution in [-0.2, 0) is 19.3 Å². The van der Waals surface area contributed by atoms with Gasteiger partial charge in [0.2, 0.25) is 0 Å². The number of hydrogen-bond acceptors (Lipinski definition) is 2. The molecule has 0 saturated heterocycles. The van der Waals surface area contributed by atoms with Crippen LogP contribution in [-0.4, -0.2) is 9.97 Å². The van der Waals surface area contributed by atoms with Crippen LogP contribution < -0.4 is 0 Å². The topological polar surface area (TPSA) is 25.8 Å². The summed E-state index contributed by atoms with van der Waals surface area (Å²) in [5.41, 5.74) is 3.87. The van der Waals surface area contributed by atoms with Crippen molar-refractivity contribution in [3.8, 4) is 11.8 Å². The lowest BCUT2D eigenvalue weighted by Crippen LogP contribution is -2.05. The number of aryl methyl sites for hydroxylation is 2. The van der Waals surface area contributed by atoms with E-state index in [1.165, 1.54) is 16.8 Å². The maximum Gasteiger partial charge on any atom is 0.132 e. The first-order valence-electron chi connectivity index (χ1n) is 7.72. The smallest absolute Gasteiger partial charge is 0.132 e. The number of allylic oxidation sites excluding steroid dienone is 6. The van der Waals surface area contributed by atoms with E-state index in [4.69, 9.17) is 4.98 Å². The van der Waals surface area contributed by atoms with E-state index in [0.717, 1.165) is 50.8 Å². The van der Waals surface area contributed by atoms with Gasteiger partial charge in [-0.1, -0.05) is 36.0 Å². The number of rotatable bonds is 2. The average molecular weight is 276 g/mol. The minimum absolute atomic E-state index is 0.841. The molecule has 1 aromatic heterocycles. The first kappa shape index (κ1) is 13.8. The first-order valence-corrected chi connectivity index (χ1v) is 7.72. The van der Waals surface area contributed by atoms with Crippen molar-refractivity contribution < 1.29 is 0 Å². The van der Waals surface area contributed by atoms with Gasteiger partial charge in [0.15, 0.2) is 0 Å². The molecule has 0 saturated carbocycles. The highest BCUT2D eigenvalue weighted by Gasteiger charge is 2.09. The molecule has 0 amide bonds. The van der Waals surface area contributed by atoms with E-state index < -0.39 is 0 Å². The van der Waals surface area contributed by atoms with Gasteiger partial charge < -0.3 is 0 Å². The van der Waals surface area contributed by atoms with Crippen LogP contribution in [0.2, 0.25) is 0 Å². The van der Waals surface area contributed by atoms with Crippen molar-refractivity contribution in [1.29, 1.82) is 0 Å². The monoisotopic (exact) mass is 276 g/mol. The van der Waals surface area contributed by atoms with E-state index in [-0.39, 0.29) is 0 Å². The Labute approximate surface area is 126 Å².